The third kappa shape index (κ3) is 6.23. The van der Waals surface area contributed by atoms with E-state index in [-0.39, 0.29) is 11.6 Å². The summed E-state index contributed by atoms with van der Waals surface area (Å²) in [5, 5.41) is 12.0. The minimum atomic E-state index is -0.164. The van der Waals surface area contributed by atoms with Gasteiger partial charge in [-0.05, 0) is 0 Å². The summed E-state index contributed by atoms with van der Waals surface area (Å²) in [5.74, 6) is 1.03. The monoisotopic (exact) mass is 423 g/mol. The van der Waals surface area contributed by atoms with Crippen molar-refractivity contribution < 1.29 is 5.11 Å². The quantitative estimate of drug-likeness (QED) is 0.499. The first-order valence-electron chi connectivity index (χ1n) is 10.0. The van der Waals surface area contributed by atoms with Crippen molar-refractivity contribution in [2.75, 3.05) is 13.1 Å². The van der Waals surface area contributed by atoms with Crippen LogP contribution in [0.15, 0.2) is 42.0 Å². The van der Waals surface area contributed by atoms with Gasteiger partial charge in [-0.2, -0.15) is 0 Å². The molecule has 0 saturated heterocycles. The molecule has 0 unspecified atom stereocenters. The molecule has 0 aromatic heterocycles. The van der Waals surface area contributed by atoms with Crippen LogP contribution in [0.5, 0.6) is 0 Å². The van der Waals surface area contributed by atoms with Crippen molar-refractivity contribution in [3.63, 3.8) is 0 Å². The van der Waals surface area contributed by atoms with Crippen molar-refractivity contribution in [3.05, 3.63) is 42.0 Å². The first-order valence-corrected chi connectivity index (χ1v) is 12.1. The average molecular weight is 423 g/mol. The van der Waals surface area contributed by atoms with Gasteiger partial charge in [-0.25, -0.2) is 0 Å². The SMILES string of the molecule is CC(C)=CCN(CC[Se]c1ccccc1)C(C)(C)[C@@H]1CC[C@@H](C)C[C@H]1O. The van der Waals surface area contributed by atoms with E-state index < -0.39 is 0 Å². The van der Waals surface area contributed by atoms with Crippen LogP contribution in [0.1, 0.15) is 53.9 Å². The van der Waals surface area contributed by atoms with E-state index in [9.17, 15) is 5.11 Å². The molecule has 0 amide bonds. The van der Waals surface area contributed by atoms with Crippen LogP contribution in [0.3, 0.4) is 0 Å². The molecule has 0 bridgehead atoms. The van der Waals surface area contributed by atoms with E-state index in [1.165, 1.54) is 21.8 Å². The van der Waals surface area contributed by atoms with Crippen molar-refractivity contribution in [1.29, 1.82) is 0 Å². The van der Waals surface area contributed by atoms with Crippen molar-refractivity contribution in [3.8, 4) is 0 Å². The van der Waals surface area contributed by atoms with E-state index in [0.717, 1.165) is 25.9 Å². The Labute approximate surface area is 167 Å². The minimum absolute atomic E-state index is 0.0261. The molecule has 146 valence electrons. The zero-order valence-corrected chi connectivity index (χ0v) is 19.0. The summed E-state index contributed by atoms with van der Waals surface area (Å²) >= 11 is 0.514. The number of nitrogens with zero attached hydrogens (tertiary/aromatic N) is 1. The van der Waals surface area contributed by atoms with Crippen LogP contribution >= 0.6 is 0 Å². The number of allylic oxidation sites excluding steroid dienone is 1. The molecule has 2 rings (SSSR count). The van der Waals surface area contributed by atoms with Gasteiger partial charge in [0.15, 0.2) is 0 Å². The number of hydrogen-bond acceptors (Lipinski definition) is 2. The summed E-state index contributed by atoms with van der Waals surface area (Å²) in [6.07, 6.45) is 5.52. The Morgan fingerprint density at radius 1 is 1.23 bits per heavy atom. The average Bonchev–Trinajstić information content (AvgIpc) is 2.58. The molecule has 1 N–H and O–H groups in total. The molecular weight excluding hydrogens is 385 g/mol. The molecule has 1 aliphatic carbocycles. The summed E-state index contributed by atoms with van der Waals surface area (Å²) in [7, 11) is 0. The number of rotatable bonds is 8. The van der Waals surface area contributed by atoms with Gasteiger partial charge in [-0.3, -0.25) is 0 Å². The predicted octanol–water partition coefficient (Wildman–Crippen LogP) is 4.28. The maximum absolute atomic E-state index is 10.8. The third-order valence-corrected chi connectivity index (χ3v) is 7.98. The molecule has 1 aromatic carbocycles. The second-order valence-corrected chi connectivity index (χ2v) is 11.1. The standard InChI is InChI=1S/C23H37NOSe/c1-18(2)13-14-24(15-16-26-20-9-7-6-8-10-20)23(4,5)21-12-11-19(3)17-22(21)25/h6-10,13,19,21-22,25H,11-12,14-17H2,1-5H3/t19-,21-,22-/m1/s1. The van der Waals surface area contributed by atoms with Crippen LogP contribution in [-0.4, -0.2) is 49.7 Å². The van der Waals surface area contributed by atoms with Gasteiger partial charge in [0.2, 0.25) is 0 Å². The number of aliphatic hydroxyl groups excluding tert-OH is 1. The fourth-order valence-corrected chi connectivity index (χ4v) is 5.99. The van der Waals surface area contributed by atoms with Gasteiger partial charge in [0.25, 0.3) is 0 Å². The molecular formula is C23H37NOSe. The summed E-state index contributed by atoms with van der Waals surface area (Å²) < 4.78 is 1.48. The summed E-state index contributed by atoms with van der Waals surface area (Å²) in [5.41, 5.74) is 1.40. The molecule has 1 aliphatic rings. The van der Waals surface area contributed by atoms with Crippen LogP contribution in [0.4, 0.5) is 0 Å². The molecule has 3 atom stereocenters. The molecule has 26 heavy (non-hydrogen) atoms. The Balaban J connectivity index is 2.05. The first-order chi connectivity index (χ1) is 12.3. The molecule has 0 spiro atoms. The number of hydrogen-bond donors (Lipinski definition) is 1. The normalized spacial score (nSPS) is 23.9. The Morgan fingerprint density at radius 3 is 2.54 bits per heavy atom. The third-order valence-electron chi connectivity index (χ3n) is 5.89. The summed E-state index contributed by atoms with van der Waals surface area (Å²) in [4.78, 5) is 2.62. The number of aliphatic hydroxyl groups is 1. The zero-order chi connectivity index (χ0) is 19.2. The molecule has 0 heterocycles. The van der Waals surface area contributed by atoms with E-state index in [2.05, 4.69) is 75.9 Å². The van der Waals surface area contributed by atoms with Gasteiger partial charge in [0, 0.05) is 0 Å². The van der Waals surface area contributed by atoms with E-state index >= 15 is 0 Å². The molecule has 1 aromatic rings. The van der Waals surface area contributed by atoms with Crippen LogP contribution in [-0.2, 0) is 0 Å². The first kappa shape index (κ1) is 21.7. The van der Waals surface area contributed by atoms with Crippen molar-refractivity contribution in [2.24, 2.45) is 11.8 Å². The zero-order valence-electron chi connectivity index (χ0n) is 17.2. The molecule has 0 aliphatic heterocycles. The Morgan fingerprint density at radius 2 is 1.92 bits per heavy atom. The van der Waals surface area contributed by atoms with Crippen LogP contribution in [0.25, 0.3) is 0 Å². The second kappa shape index (κ2) is 10.1. The topological polar surface area (TPSA) is 23.5 Å². The Hall–Kier alpha value is -0.601. The van der Waals surface area contributed by atoms with Gasteiger partial charge in [0.05, 0.1) is 0 Å². The van der Waals surface area contributed by atoms with Crippen LogP contribution in [0, 0.1) is 11.8 Å². The van der Waals surface area contributed by atoms with Crippen LogP contribution in [0.2, 0.25) is 5.32 Å². The second-order valence-electron chi connectivity index (χ2n) is 8.63. The van der Waals surface area contributed by atoms with Crippen molar-refractivity contribution in [2.45, 2.75) is 70.8 Å². The maximum atomic E-state index is 10.8. The fraction of sp³-hybridized carbons (Fsp3) is 0.652. The van der Waals surface area contributed by atoms with Gasteiger partial charge in [-0.1, -0.05) is 0 Å². The predicted molar refractivity (Wildman–Crippen MR) is 114 cm³/mol. The van der Waals surface area contributed by atoms with Crippen molar-refractivity contribution >= 4 is 19.4 Å². The molecule has 0 radical (unpaired) electrons. The fourth-order valence-electron chi connectivity index (χ4n) is 4.11. The van der Waals surface area contributed by atoms with E-state index in [1.54, 1.807) is 0 Å². The van der Waals surface area contributed by atoms with Crippen LogP contribution < -0.4 is 4.46 Å². The molecule has 1 fully saturated rings. The van der Waals surface area contributed by atoms with E-state index in [4.69, 9.17) is 0 Å². The van der Waals surface area contributed by atoms with Gasteiger partial charge in [-0.15, -0.1) is 0 Å². The molecule has 1 saturated carbocycles. The van der Waals surface area contributed by atoms with Gasteiger partial charge < -0.3 is 0 Å². The van der Waals surface area contributed by atoms with Crippen molar-refractivity contribution in [1.82, 2.24) is 4.90 Å². The summed E-state index contributed by atoms with van der Waals surface area (Å²) in [6.45, 7) is 13.4. The molecule has 2 nitrogen and oxygen atoms in total. The Bertz CT molecular complexity index is 565. The summed E-state index contributed by atoms with van der Waals surface area (Å²) in [6, 6.07) is 10.9. The molecule has 3 heteroatoms. The number of benzene rings is 1. The van der Waals surface area contributed by atoms with Gasteiger partial charge in [0.1, 0.15) is 0 Å². The van der Waals surface area contributed by atoms with Gasteiger partial charge >= 0.3 is 167 Å². The van der Waals surface area contributed by atoms with E-state index in [1.807, 2.05) is 0 Å². The van der Waals surface area contributed by atoms with E-state index in [0.29, 0.717) is 26.8 Å². The Kier molecular flexibility index (Phi) is 8.41.